The molecule has 82 heavy (non-hydrogen) atoms. The number of nitrogens with one attached hydrogen (secondary N) is 1. The Kier molecular flexibility index (Phi) is 20.3. The Bertz CT molecular complexity index is 2330. The number of ketones is 1. The molecule has 19 nitrogen and oxygen atoms in total. The monoisotopic (exact) mass is 1170 g/mol. The van der Waals surface area contributed by atoms with Crippen molar-refractivity contribution in [2.75, 3.05) is 40.3 Å². The fraction of sp³-hybridized carbons (Fsp3) is 0.887. The lowest BCUT2D eigenvalue weighted by molar-refractivity contribution is -0.318. The molecular formula is C62H104FN3O16. The van der Waals surface area contributed by atoms with E-state index in [-0.39, 0.29) is 69.2 Å². The quantitative estimate of drug-likeness (QED) is 0.0931. The van der Waals surface area contributed by atoms with Crippen LogP contribution in [0.2, 0.25) is 0 Å². The molecule has 7 aliphatic rings. The number of likely N-dealkylation sites (N-methyl/N-ethyl adjacent to an activating group) is 1. The molecular weight excluding hydrogens is 1060 g/mol. The van der Waals surface area contributed by atoms with E-state index in [1.807, 2.05) is 37.6 Å². The summed E-state index contributed by atoms with van der Waals surface area (Å²) in [5.41, 5.74) is -10.7. The van der Waals surface area contributed by atoms with E-state index in [0.717, 1.165) is 0 Å². The fourth-order valence-electron chi connectivity index (χ4n) is 16.7. The molecule has 0 spiro atoms. The largest absolute Gasteiger partial charge is 0.459 e. The molecule has 3 saturated carbocycles. The lowest BCUT2D eigenvalue weighted by atomic mass is 9.44. The second-order valence-electron chi connectivity index (χ2n) is 27.6. The second kappa shape index (κ2) is 24.9. The van der Waals surface area contributed by atoms with E-state index in [4.69, 9.17) is 28.4 Å². The summed E-state index contributed by atoms with van der Waals surface area (Å²) >= 11 is 0. The molecule has 8 N–H and O–H groups in total. The Hall–Kier alpha value is -2.54. The van der Waals surface area contributed by atoms with Gasteiger partial charge in [0.2, 0.25) is 0 Å². The van der Waals surface area contributed by atoms with Crippen LogP contribution in [0.4, 0.5) is 4.39 Å². The predicted octanol–water partition coefficient (Wildman–Crippen LogP) is 4.52. The number of amides is 1. The predicted molar refractivity (Wildman–Crippen MR) is 303 cm³/mol. The first-order chi connectivity index (χ1) is 38.0. The number of halogens is 1. The van der Waals surface area contributed by atoms with Crippen LogP contribution in [0.1, 0.15) is 155 Å². The average molecular weight is 1170 g/mol. The highest BCUT2D eigenvalue weighted by atomic mass is 19.1. The van der Waals surface area contributed by atoms with Crippen molar-refractivity contribution in [3.63, 3.8) is 0 Å². The van der Waals surface area contributed by atoms with Gasteiger partial charge in [0, 0.05) is 67.9 Å². The number of cyclic esters (lactones) is 1. The third-order valence-corrected chi connectivity index (χ3v) is 21.9. The third kappa shape index (κ3) is 11.9. The number of hydrogen-bond acceptors (Lipinski definition) is 18. The van der Waals surface area contributed by atoms with E-state index in [9.17, 15) is 50.1 Å². The zero-order valence-electron chi connectivity index (χ0n) is 52.0. The highest BCUT2D eigenvalue weighted by Crippen LogP contribution is 2.70. The standard InChI is InChI=1S/C62H104FN3O16/c1-17-46-60(14,75)50(70)38(8)66(25-19-24-64-55(73)62(76)34(4)26-43-42-21-20-40-28-41(67)22-23-56(40,10)61(42,63)45(68)30-57(43,62)11)32-33(3)29-58(12,74)52(82-54-48(69)44(65(15)18-2)27-35(5)78-54)36(6)49(37(7)53(72)80-46)81-47-31-59(13,77-16)51(71)39(9)79-47/h22-23,28,33-39,42-52,54,68-71,74-76H,17-21,24-27,29-32H2,1-16H3,(H,64,73)/t33-,34-,35-,36+,37-,38-,39+,42?,43?,44+,45+,46-,47+,48-,49+,50-,51+,52-,54+,56+,57+,58-,59-,60-,61+,62+/m1/s1. The van der Waals surface area contributed by atoms with Crippen LogP contribution in [0.3, 0.4) is 0 Å². The van der Waals surface area contributed by atoms with Crippen LogP contribution < -0.4 is 5.32 Å². The fourth-order valence-corrected chi connectivity index (χ4v) is 16.7. The maximum absolute atomic E-state index is 17.9. The number of hydrogen-bond donors (Lipinski definition) is 8. The van der Waals surface area contributed by atoms with Crippen LogP contribution in [-0.2, 0) is 42.8 Å². The summed E-state index contributed by atoms with van der Waals surface area (Å²) in [6.45, 7) is 25.8. The number of fused-ring (bicyclic) bond motifs is 5. The van der Waals surface area contributed by atoms with Crippen LogP contribution >= 0.6 is 0 Å². The first-order valence-electron chi connectivity index (χ1n) is 30.7. The van der Waals surface area contributed by atoms with Crippen LogP contribution in [-0.4, -0.2) is 211 Å². The molecule has 3 heterocycles. The minimum atomic E-state index is -2.13. The summed E-state index contributed by atoms with van der Waals surface area (Å²) in [7, 11) is 3.40. The van der Waals surface area contributed by atoms with E-state index in [0.29, 0.717) is 44.2 Å². The van der Waals surface area contributed by atoms with Crippen LogP contribution in [0.25, 0.3) is 0 Å². The van der Waals surface area contributed by atoms with E-state index in [1.54, 1.807) is 75.3 Å². The minimum Gasteiger partial charge on any atom is -0.459 e. The topological polar surface area (TPSA) is 267 Å². The van der Waals surface area contributed by atoms with Gasteiger partial charge in [-0.15, -0.1) is 0 Å². The molecule has 0 bridgehead atoms. The van der Waals surface area contributed by atoms with Gasteiger partial charge >= 0.3 is 5.97 Å². The summed E-state index contributed by atoms with van der Waals surface area (Å²) < 4.78 is 56.3. The number of allylic oxidation sites excluding steroid dienone is 4. The Morgan fingerprint density at radius 2 is 1.57 bits per heavy atom. The van der Waals surface area contributed by atoms with Gasteiger partial charge in [-0.1, -0.05) is 53.2 Å². The zero-order valence-corrected chi connectivity index (χ0v) is 52.0. The number of rotatable bonds is 13. The molecule has 26 atom stereocenters. The number of ether oxygens (including phenoxy) is 6. The maximum atomic E-state index is 17.9. The number of esters is 1. The van der Waals surface area contributed by atoms with E-state index in [2.05, 4.69) is 5.32 Å². The molecule has 3 aliphatic heterocycles. The number of alkyl halides is 1. The summed E-state index contributed by atoms with van der Waals surface area (Å²) in [4.78, 5) is 45.8. The molecule has 7 rings (SSSR count). The Labute approximate surface area is 487 Å². The molecule has 0 radical (unpaired) electrons. The molecule has 2 unspecified atom stereocenters. The van der Waals surface area contributed by atoms with Crippen LogP contribution in [0.5, 0.6) is 0 Å². The highest BCUT2D eigenvalue weighted by Gasteiger charge is 2.76. The first kappa shape index (κ1) is 67.0. The van der Waals surface area contributed by atoms with Crippen molar-refractivity contribution in [3.8, 4) is 0 Å². The van der Waals surface area contributed by atoms with Gasteiger partial charge in [-0.3, -0.25) is 19.3 Å². The molecule has 6 fully saturated rings. The van der Waals surface area contributed by atoms with Crippen LogP contribution in [0.15, 0.2) is 23.8 Å². The maximum Gasteiger partial charge on any atom is 0.311 e. The SMILES string of the molecule is CC[C@H]1OC(=O)[C@H](C)[C@@H](O[C@H]2C[C@@](C)(OC)[C@@H](O)[C@H](C)O2)[C@H](C)[C@@H](O[C@@H]2O[C@H](C)C[C@H](N(C)CC)[C@H]2O)[C@](C)(O)C[C@@H](C)CN(CCCNC(=O)[C@@]2(O)[C@H](C)CC3C4CCC5=CC(=O)C=C[C@]5(C)[C@@]4(F)[C@@H](O)C[C@@]32C)[C@H](C)[C@@H](O)[C@]1(C)O. The molecule has 0 aromatic carbocycles. The highest BCUT2D eigenvalue weighted by molar-refractivity contribution is 6.01. The van der Waals surface area contributed by atoms with Gasteiger partial charge in [-0.2, -0.15) is 0 Å². The van der Waals surface area contributed by atoms with Gasteiger partial charge in [0.15, 0.2) is 29.6 Å². The normalized spacial score (nSPS) is 49.9. The van der Waals surface area contributed by atoms with Gasteiger partial charge in [0.05, 0.1) is 47.6 Å². The smallest absolute Gasteiger partial charge is 0.311 e. The van der Waals surface area contributed by atoms with E-state index >= 15 is 4.39 Å². The Balaban J connectivity index is 1.16. The summed E-state index contributed by atoms with van der Waals surface area (Å²) in [5, 5.41) is 88.7. The van der Waals surface area contributed by atoms with Crippen molar-refractivity contribution < 1.29 is 82.9 Å². The van der Waals surface area contributed by atoms with Gasteiger partial charge in [0.25, 0.3) is 5.91 Å². The van der Waals surface area contributed by atoms with E-state index in [1.165, 1.54) is 26.2 Å². The Morgan fingerprint density at radius 1 is 0.902 bits per heavy atom. The Morgan fingerprint density at radius 3 is 2.21 bits per heavy atom. The van der Waals surface area contributed by atoms with Crippen molar-refractivity contribution in [1.29, 1.82) is 0 Å². The molecule has 0 aromatic rings. The van der Waals surface area contributed by atoms with Crippen LogP contribution in [0, 0.1) is 46.3 Å². The van der Waals surface area contributed by atoms with E-state index < -0.39 is 148 Å². The van der Waals surface area contributed by atoms with Crippen molar-refractivity contribution in [2.24, 2.45) is 46.3 Å². The van der Waals surface area contributed by atoms with Crippen molar-refractivity contribution in [3.05, 3.63) is 23.8 Å². The number of nitrogens with zero attached hydrogens (tertiary/aromatic N) is 2. The third-order valence-electron chi connectivity index (χ3n) is 21.9. The molecule has 20 heteroatoms. The number of carbonyl (C=O) groups excluding carboxylic acids is 3. The molecule has 4 aliphatic carbocycles. The number of aliphatic hydroxyl groups excluding tert-OH is 4. The van der Waals surface area contributed by atoms with Gasteiger partial charge < -0.3 is 74.4 Å². The van der Waals surface area contributed by atoms with Gasteiger partial charge in [-0.25, -0.2) is 4.39 Å². The first-order valence-corrected chi connectivity index (χ1v) is 30.7. The molecule has 1 amide bonds. The number of methoxy groups -OCH3 is 1. The number of carbonyl (C=O) groups is 3. The molecule has 0 aromatic heterocycles. The minimum absolute atomic E-state index is 0.0648. The lowest BCUT2D eigenvalue weighted by Gasteiger charge is -2.62. The van der Waals surface area contributed by atoms with Crippen molar-refractivity contribution >= 4 is 17.7 Å². The summed E-state index contributed by atoms with van der Waals surface area (Å²) in [6, 6.07) is -1.15. The van der Waals surface area contributed by atoms with Crippen molar-refractivity contribution in [1.82, 2.24) is 15.1 Å². The average Bonchev–Trinajstić information content (AvgIpc) is 1.39. The molecule has 3 saturated heterocycles. The lowest BCUT2D eigenvalue weighted by Crippen LogP contribution is -2.70. The van der Waals surface area contributed by atoms with Gasteiger partial charge in [-0.05, 0) is 150 Å². The van der Waals surface area contributed by atoms with Crippen molar-refractivity contribution in [2.45, 2.75) is 262 Å². The molecule has 470 valence electrons. The second-order valence-corrected chi connectivity index (χ2v) is 27.6. The summed E-state index contributed by atoms with van der Waals surface area (Å²) in [6.07, 6.45) is -5.60. The summed E-state index contributed by atoms with van der Waals surface area (Å²) in [5.74, 6) is -5.72. The number of aliphatic hydroxyl groups is 7. The zero-order chi connectivity index (χ0) is 61.2. The van der Waals surface area contributed by atoms with Gasteiger partial charge in [0.1, 0.15) is 30.0 Å².